The van der Waals surface area contributed by atoms with Crippen LogP contribution in [0.1, 0.15) is 86.5 Å². The van der Waals surface area contributed by atoms with Crippen molar-refractivity contribution in [3.63, 3.8) is 0 Å². The Morgan fingerprint density at radius 1 is 1.00 bits per heavy atom. The minimum atomic E-state index is 0.416. The van der Waals surface area contributed by atoms with Crippen LogP contribution in [0.2, 0.25) is 0 Å². The van der Waals surface area contributed by atoms with E-state index in [9.17, 15) is 0 Å². The smallest absolute Gasteiger partial charge is 0.0543 e. The first-order valence-corrected chi connectivity index (χ1v) is 8.29. The Bertz CT molecular complexity index is 196. The Morgan fingerprint density at radius 3 is 1.84 bits per heavy atom. The van der Waals surface area contributed by atoms with Crippen LogP contribution < -0.4 is 0 Å². The van der Waals surface area contributed by atoms with E-state index in [1.54, 1.807) is 7.11 Å². The second kappa shape index (κ2) is 9.80. The van der Waals surface area contributed by atoms with Crippen LogP contribution in [0.5, 0.6) is 0 Å². The molecular formula is C18H38O. The number of rotatable bonds is 4. The van der Waals surface area contributed by atoms with Crippen LogP contribution >= 0.6 is 0 Å². The molecule has 1 saturated carbocycles. The van der Waals surface area contributed by atoms with E-state index in [-0.39, 0.29) is 0 Å². The molecular weight excluding hydrogens is 232 g/mol. The number of methoxy groups -OCH3 is 1. The molecule has 0 spiro atoms. The Hall–Kier alpha value is -0.0400. The van der Waals surface area contributed by atoms with Crippen LogP contribution in [0.15, 0.2) is 0 Å². The van der Waals surface area contributed by atoms with Crippen LogP contribution in [-0.4, -0.2) is 13.2 Å². The second-order valence-electron chi connectivity index (χ2n) is 7.79. The van der Waals surface area contributed by atoms with E-state index < -0.39 is 0 Å². The molecule has 1 unspecified atom stereocenters. The van der Waals surface area contributed by atoms with Crippen LogP contribution in [-0.2, 0) is 4.74 Å². The maximum absolute atomic E-state index is 5.15. The predicted molar refractivity (Wildman–Crippen MR) is 86.6 cm³/mol. The Labute approximate surface area is 122 Å². The number of hydrogen-bond donors (Lipinski definition) is 0. The van der Waals surface area contributed by atoms with Gasteiger partial charge in [0.2, 0.25) is 0 Å². The minimum absolute atomic E-state index is 0.416. The Morgan fingerprint density at radius 2 is 1.53 bits per heavy atom. The summed E-state index contributed by atoms with van der Waals surface area (Å²) in [4.78, 5) is 0. The fraction of sp³-hybridized carbons (Fsp3) is 1.00. The highest BCUT2D eigenvalue weighted by Crippen LogP contribution is 2.29. The molecule has 0 bridgehead atoms. The molecule has 1 heteroatoms. The van der Waals surface area contributed by atoms with E-state index >= 15 is 0 Å². The zero-order valence-corrected chi connectivity index (χ0v) is 14.6. The highest BCUT2D eigenvalue weighted by Gasteiger charge is 2.15. The standard InChI is InChI=1S/C9H20O.C9H18/c1-8(10-5)6-7-9(2,3)4;1-8(2)9-6-4-3-5-7-9/h8H,6-7H2,1-5H3;8-9H,3-7H2,1-2H3. The van der Waals surface area contributed by atoms with Gasteiger partial charge in [-0.05, 0) is 37.0 Å². The van der Waals surface area contributed by atoms with E-state index in [0.717, 1.165) is 11.8 Å². The van der Waals surface area contributed by atoms with Gasteiger partial charge in [-0.3, -0.25) is 0 Å². The van der Waals surface area contributed by atoms with Crippen molar-refractivity contribution in [1.29, 1.82) is 0 Å². The lowest BCUT2D eigenvalue weighted by Gasteiger charge is -2.24. The summed E-state index contributed by atoms with van der Waals surface area (Å²) in [5.41, 5.74) is 0.451. The van der Waals surface area contributed by atoms with Gasteiger partial charge in [0, 0.05) is 7.11 Å². The summed E-state index contributed by atoms with van der Waals surface area (Å²) in [6.45, 7) is 13.6. The van der Waals surface area contributed by atoms with E-state index in [4.69, 9.17) is 4.74 Å². The lowest BCUT2D eigenvalue weighted by molar-refractivity contribution is 0.0990. The molecule has 19 heavy (non-hydrogen) atoms. The first-order valence-electron chi connectivity index (χ1n) is 8.29. The van der Waals surface area contributed by atoms with Crippen molar-refractivity contribution in [1.82, 2.24) is 0 Å². The molecule has 0 aromatic heterocycles. The molecule has 1 aliphatic carbocycles. The summed E-state index contributed by atoms with van der Waals surface area (Å²) in [5, 5.41) is 0. The summed E-state index contributed by atoms with van der Waals surface area (Å²) in [6.07, 6.45) is 10.3. The third-order valence-corrected chi connectivity index (χ3v) is 4.30. The lowest BCUT2D eigenvalue weighted by atomic mass is 9.82. The van der Waals surface area contributed by atoms with Gasteiger partial charge in [-0.2, -0.15) is 0 Å². The first kappa shape index (κ1) is 19.0. The molecule has 1 atom stereocenters. The molecule has 0 aliphatic heterocycles. The van der Waals surface area contributed by atoms with Crippen molar-refractivity contribution >= 4 is 0 Å². The maximum atomic E-state index is 5.15. The molecule has 0 aromatic rings. The van der Waals surface area contributed by atoms with Gasteiger partial charge < -0.3 is 4.74 Å². The SMILES string of the molecule is CC(C)C1CCCCC1.COC(C)CCC(C)(C)C. The highest BCUT2D eigenvalue weighted by atomic mass is 16.5. The molecule has 1 fully saturated rings. The molecule has 0 N–H and O–H groups in total. The normalized spacial score (nSPS) is 18.9. The fourth-order valence-corrected chi connectivity index (χ4v) is 2.55. The molecule has 116 valence electrons. The summed E-state index contributed by atoms with van der Waals surface area (Å²) < 4.78 is 5.15. The van der Waals surface area contributed by atoms with Gasteiger partial charge in [-0.1, -0.05) is 66.7 Å². The van der Waals surface area contributed by atoms with Crippen molar-refractivity contribution in [2.75, 3.05) is 7.11 Å². The third kappa shape index (κ3) is 11.5. The molecule has 0 heterocycles. The minimum Gasteiger partial charge on any atom is -0.382 e. The summed E-state index contributed by atoms with van der Waals surface area (Å²) >= 11 is 0. The first-order chi connectivity index (χ1) is 8.76. The second-order valence-corrected chi connectivity index (χ2v) is 7.79. The van der Waals surface area contributed by atoms with Gasteiger partial charge in [-0.25, -0.2) is 0 Å². The monoisotopic (exact) mass is 270 g/mol. The fourth-order valence-electron chi connectivity index (χ4n) is 2.55. The van der Waals surface area contributed by atoms with Crippen LogP contribution in [0.3, 0.4) is 0 Å². The van der Waals surface area contributed by atoms with Crippen molar-refractivity contribution < 1.29 is 4.74 Å². The van der Waals surface area contributed by atoms with Gasteiger partial charge in [0.25, 0.3) is 0 Å². The van der Waals surface area contributed by atoms with Gasteiger partial charge in [-0.15, -0.1) is 0 Å². The molecule has 0 amide bonds. The third-order valence-electron chi connectivity index (χ3n) is 4.30. The number of hydrogen-bond acceptors (Lipinski definition) is 1. The average Bonchev–Trinajstić information content (AvgIpc) is 2.37. The zero-order chi connectivity index (χ0) is 14.9. The number of ether oxygens (including phenoxy) is 1. The van der Waals surface area contributed by atoms with Crippen LogP contribution in [0.4, 0.5) is 0 Å². The van der Waals surface area contributed by atoms with Gasteiger partial charge in [0.15, 0.2) is 0 Å². The maximum Gasteiger partial charge on any atom is 0.0543 e. The molecule has 0 radical (unpaired) electrons. The molecule has 1 aliphatic rings. The van der Waals surface area contributed by atoms with E-state index in [2.05, 4.69) is 41.5 Å². The van der Waals surface area contributed by atoms with Crippen molar-refractivity contribution in [2.24, 2.45) is 17.3 Å². The largest absolute Gasteiger partial charge is 0.382 e. The highest BCUT2D eigenvalue weighted by molar-refractivity contribution is 4.67. The van der Waals surface area contributed by atoms with Gasteiger partial charge in [0.05, 0.1) is 6.10 Å². The van der Waals surface area contributed by atoms with Crippen molar-refractivity contribution in [3.05, 3.63) is 0 Å². The van der Waals surface area contributed by atoms with Gasteiger partial charge in [0.1, 0.15) is 0 Å². The zero-order valence-electron chi connectivity index (χ0n) is 14.6. The van der Waals surface area contributed by atoms with E-state index in [1.165, 1.54) is 44.9 Å². The predicted octanol–water partition coefficient (Wildman–Crippen LogP) is 6.07. The molecule has 1 nitrogen and oxygen atoms in total. The van der Waals surface area contributed by atoms with Crippen LogP contribution in [0, 0.1) is 17.3 Å². The van der Waals surface area contributed by atoms with Crippen molar-refractivity contribution in [3.8, 4) is 0 Å². The molecule has 0 saturated heterocycles. The Kier molecular flexibility index (Phi) is 9.78. The van der Waals surface area contributed by atoms with Crippen LogP contribution in [0.25, 0.3) is 0 Å². The quantitative estimate of drug-likeness (QED) is 0.602. The molecule has 1 rings (SSSR count). The topological polar surface area (TPSA) is 9.23 Å². The summed E-state index contributed by atoms with van der Waals surface area (Å²) in [5.74, 6) is 1.99. The van der Waals surface area contributed by atoms with E-state index in [0.29, 0.717) is 11.5 Å². The summed E-state index contributed by atoms with van der Waals surface area (Å²) in [7, 11) is 1.77. The molecule has 0 aromatic carbocycles. The van der Waals surface area contributed by atoms with E-state index in [1.807, 2.05) is 0 Å². The Balaban J connectivity index is 0.000000342. The lowest BCUT2D eigenvalue weighted by Crippen LogP contribution is -2.12. The average molecular weight is 271 g/mol. The summed E-state index contributed by atoms with van der Waals surface area (Å²) in [6, 6.07) is 0. The van der Waals surface area contributed by atoms with Gasteiger partial charge >= 0.3 is 0 Å². The van der Waals surface area contributed by atoms with Crippen molar-refractivity contribution in [2.45, 2.75) is 92.6 Å².